The Bertz CT molecular complexity index is 1220. The first-order valence-corrected chi connectivity index (χ1v) is 12.9. The van der Waals surface area contributed by atoms with Crippen molar-refractivity contribution in [1.82, 2.24) is 4.31 Å². The summed E-state index contributed by atoms with van der Waals surface area (Å²) in [6, 6.07) is 14.8. The molecule has 0 aliphatic carbocycles. The first-order valence-electron chi connectivity index (χ1n) is 11.5. The number of benzene rings is 2. The molecule has 2 heterocycles. The summed E-state index contributed by atoms with van der Waals surface area (Å²) in [5.74, 6) is 0.254. The average Bonchev–Trinajstić information content (AvgIpc) is 3.30. The molecule has 0 aromatic heterocycles. The Morgan fingerprint density at radius 2 is 1.82 bits per heavy atom. The van der Waals surface area contributed by atoms with Crippen LogP contribution < -0.4 is 0 Å². The minimum absolute atomic E-state index is 0.0118. The zero-order valence-electron chi connectivity index (χ0n) is 19.9. The van der Waals surface area contributed by atoms with E-state index in [2.05, 4.69) is 13.8 Å². The van der Waals surface area contributed by atoms with E-state index in [1.165, 1.54) is 12.1 Å². The topological polar surface area (TPSA) is 96.7 Å². The highest BCUT2D eigenvalue weighted by atomic mass is 32.2. The van der Waals surface area contributed by atoms with Crippen molar-refractivity contribution in [2.75, 3.05) is 0 Å². The van der Waals surface area contributed by atoms with E-state index in [0.29, 0.717) is 17.5 Å². The lowest BCUT2D eigenvalue weighted by Gasteiger charge is -2.32. The van der Waals surface area contributed by atoms with Gasteiger partial charge in [0.1, 0.15) is 11.7 Å². The predicted molar refractivity (Wildman–Crippen MR) is 126 cm³/mol. The Labute approximate surface area is 201 Å². The maximum Gasteiger partial charge on any atom is 0.424 e. The average molecular weight is 483 g/mol. The SMILES string of the molecule is Cc1ccc(S(=O)(=O)N(Cc2ccc(C#N)cc2)C(=O)O[C@@H]2C[C@]3(C(C)C)CC[C@@]2(C)O3)cc1. The second-order valence-corrected chi connectivity index (χ2v) is 11.7. The molecule has 4 rings (SSSR count). The van der Waals surface area contributed by atoms with Gasteiger partial charge in [-0.1, -0.05) is 43.7 Å². The van der Waals surface area contributed by atoms with Crippen molar-refractivity contribution in [2.45, 2.75) is 75.7 Å². The Balaban J connectivity index is 1.64. The van der Waals surface area contributed by atoms with Crippen molar-refractivity contribution < 1.29 is 22.7 Å². The van der Waals surface area contributed by atoms with Gasteiger partial charge < -0.3 is 9.47 Å². The van der Waals surface area contributed by atoms with Crippen LogP contribution in [0.15, 0.2) is 53.4 Å². The number of ether oxygens (including phenoxy) is 2. The molecule has 2 fully saturated rings. The minimum atomic E-state index is -4.18. The third-order valence-corrected chi connectivity index (χ3v) is 8.94. The molecule has 2 bridgehead atoms. The summed E-state index contributed by atoms with van der Waals surface area (Å²) in [5, 5.41) is 9.05. The molecule has 34 heavy (non-hydrogen) atoms. The number of nitrogens with zero attached hydrogens (tertiary/aromatic N) is 2. The number of aryl methyl sites for hydroxylation is 1. The van der Waals surface area contributed by atoms with Gasteiger partial charge in [-0.2, -0.15) is 9.57 Å². The Hall–Kier alpha value is -2.89. The van der Waals surface area contributed by atoms with Crippen molar-refractivity contribution in [3.8, 4) is 6.07 Å². The molecule has 0 saturated carbocycles. The lowest BCUT2D eigenvalue weighted by atomic mass is 9.75. The van der Waals surface area contributed by atoms with E-state index >= 15 is 0 Å². The van der Waals surface area contributed by atoms with Gasteiger partial charge in [-0.3, -0.25) is 0 Å². The van der Waals surface area contributed by atoms with Crippen LogP contribution in [0.4, 0.5) is 4.79 Å². The Kier molecular flexibility index (Phi) is 6.21. The number of hydrogen-bond acceptors (Lipinski definition) is 6. The predicted octanol–water partition coefficient (Wildman–Crippen LogP) is 4.93. The Morgan fingerprint density at radius 3 is 2.38 bits per heavy atom. The van der Waals surface area contributed by atoms with Gasteiger partial charge in [-0.05, 0) is 62.4 Å². The molecule has 2 aliphatic heterocycles. The molecular weight excluding hydrogens is 452 g/mol. The molecule has 8 heteroatoms. The molecule has 1 amide bonds. The van der Waals surface area contributed by atoms with Crippen LogP contribution in [0.2, 0.25) is 0 Å². The number of carbonyl (C=O) groups excluding carboxylic acids is 1. The van der Waals surface area contributed by atoms with Gasteiger partial charge in [0.05, 0.1) is 28.7 Å². The lowest BCUT2D eigenvalue weighted by molar-refractivity contribution is -0.0827. The van der Waals surface area contributed by atoms with Gasteiger partial charge in [0, 0.05) is 6.42 Å². The van der Waals surface area contributed by atoms with Crippen LogP contribution in [0.1, 0.15) is 56.7 Å². The molecule has 0 spiro atoms. The molecule has 3 atom stereocenters. The lowest BCUT2D eigenvalue weighted by Crippen LogP contribution is -2.44. The smallest absolute Gasteiger partial charge is 0.424 e. The number of amides is 1. The quantitative estimate of drug-likeness (QED) is 0.579. The second-order valence-electron chi connectivity index (χ2n) is 9.84. The van der Waals surface area contributed by atoms with E-state index in [1.54, 1.807) is 36.4 Å². The number of hydrogen-bond donors (Lipinski definition) is 0. The number of rotatable bonds is 6. The summed E-state index contributed by atoms with van der Waals surface area (Å²) >= 11 is 0. The molecule has 2 aromatic rings. The van der Waals surface area contributed by atoms with Crippen LogP contribution >= 0.6 is 0 Å². The first-order chi connectivity index (χ1) is 16.0. The van der Waals surface area contributed by atoms with Gasteiger partial charge in [0.25, 0.3) is 10.0 Å². The normalized spacial score (nSPS) is 25.8. The summed E-state index contributed by atoms with van der Waals surface area (Å²) in [7, 11) is -4.18. The van der Waals surface area contributed by atoms with Crippen LogP contribution in [-0.2, 0) is 26.0 Å². The number of sulfonamides is 1. The number of fused-ring (bicyclic) bond motifs is 2. The second kappa shape index (κ2) is 8.71. The standard InChI is InChI=1S/C26H30N2O5S/c1-18(2)26-14-13-25(4,33-26)23(15-26)32-24(29)28(17-21-9-7-20(16-27)8-10-21)34(30,31)22-11-5-19(3)6-12-22/h5-12,18,23H,13-15,17H2,1-4H3/t23-,25-,26+/m1/s1. The molecule has 180 valence electrons. The summed E-state index contributed by atoms with van der Waals surface area (Å²) in [4.78, 5) is 13.4. The molecular formula is C26H30N2O5S. The van der Waals surface area contributed by atoms with Crippen molar-refractivity contribution in [1.29, 1.82) is 5.26 Å². The van der Waals surface area contributed by atoms with Gasteiger partial charge in [0.15, 0.2) is 0 Å². The van der Waals surface area contributed by atoms with Gasteiger partial charge in [-0.25, -0.2) is 13.2 Å². The van der Waals surface area contributed by atoms with E-state index in [4.69, 9.17) is 14.7 Å². The highest BCUT2D eigenvalue weighted by Crippen LogP contribution is 2.55. The monoisotopic (exact) mass is 482 g/mol. The van der Waals surface area contributed by atoms with Crippen molar-refractivity contribution in [3.05, 3.63) is 65.2 Å². The fourth-order valence-electron chi connectivity index (χ4n) is 4.85. The summed E-state index contributed by atoms with van der Waals surface area (Å²) in [6.45, 7) is 7.77. The van der Waals surface area contributed by atoms with E-state index in [1.807, 2.05) is 19.9 Å². The maximum absolute atomic E-state index is 13.5. The molecule has 2 aliphatic rings. The van der Waals surface area contributed by atoms with Gasteiger partial charge >= 0.3 is 6.09 Å². The van der Waals surface area contributed by atoms with E-state index in [0.717, 1.165) is 22.7 Å². The van der Waals surface area contributed by atoms with Crippen LogP contribution in [0.3, 0.4) is 0 Å². The highest BCUT2D eigenvalue weighted by molar-refractivity contribution is 7.89. The van der Waals surface area contributed by atoms with Crippen LogP contribution in [0.5, 0.6) is 0 Å². The summed E-state index contributed by atoms with van der Waals surface area (Å²) in [6.07, 6.45) is 0.733. The van der Waals surface area contributed by atoms with Crippen molar-refractivity contribution >= 4 is 16.1 Å². The maximum atomic E-state index is 13.5. The van der Waals surface area contributed by atoms with Crippen LogP contribution in [-0.4, -0.2) is 36.1 Å². The van der Waals surface area contributed by atoms with E-state index < -0.39 is 27.8 Å². The van der Waals surface area contributed by atoms with Crippen molar-refractivity contribution in [2.24, 2.45) is 5.92 Å². The molecule has 0 N–H and O–H groups in total. The highest BCUT2D eigenvalue weighted by Gasteiger charge is 2.62. The zero-order valence-corrected chi connectivity index (χ0v) is 20.8. The van der Waals surface area contributed by atoms with Gasteiger partial charge in [-0.15, -0.1) is 0 Å². The molecule has 7 nitrogen and oxygen atoms in total. The number of carbonyl (C=O) groups is 1. The summed E-state index contributed by atoms with van der Waals surface area (Å²) in [5.41, 5.74) is 0.943. The molecule has 2 aromatic carbocycles. The molecule has 0 radical (unpaired) electrons. The zero-order chi connectivity index (χ0) is 24.7. The first kappa shape index (κ1) is 24.2. The molecule has 2 saturated heterocycles. The number of nitriles is 1. The fraction of sp³-hybridized carbons (Fsp3) is 0.462. The third-order valence-electron chi connectivity index (χ3n) is 7.21. The van der Waals surface area contributed by atoms with Gasteiger partial charge in [0.2, 0.25) is 0 Å². The van der Waals surface area contributed by atoms with E-state index in [9.17, 15) is 13.2 Å². The third kappa shape index (κ3) is 4.30. The molecule has 0 unspecified atom stereocenters. The van der Waals surface area contributed by atoms with Crippen LogP contribution in [0, 0.1) is 24.2 Å². The van der Waals surface area contributed by atoms with Crippen LogP contribution in [0.25, 0.3) is 0 Å². The Morgan fingerprint density at radius 1 is 1.18 bits per heavy atom. The largest absolute Gasteiger partial charge is 0.442 e. The summed E-state index contributed by atoms with van der Waals surface area (Å²) < 4.78 is 40.1. The van der Waals surface area contributed by atoms with Crippen molar-refractivity contribution in [3.63, 3.8) is 0 Å². The van der Waals surface area contributed by atoms with E-state index in [-0.39, 0.29) is 23.0 Å². The minimum Gasteiger partial charge on any atom is -0.442 e. The fourth-order valence-corrected chi connectivity index (χ4v) is 6.14.